The zero-order valence-corrected chi connectivity index (χ0v) is 13.2. The molecule has 1 heterocycles. The number of hydrogen-bond donors (Lipinski definition) is 0. The molecule has 1 atom stereocenters. The fraction of sp³-hybridized carbons (Fsp3) is 0.235. The fourth-order valence-electron chi connectivity index (χ4n) is 2.37. The Labute approximate surface area is 130 Å². The lowest BCUT2D eigenvalue weighted by Gasteiger charge is -2.09. The van der Waals surface area contributed by atoms with Crippen LogP contribution in [0.2, 0.25) is 0 Å². The van der Waals surface area contributed by atoms with Crippen molar-refractivity contribution in [3.05, 3.63) is 46.6 Å². The van der Waals surface area contributed by atoms with Crippen LogP contribution in [0.25, 0.3) is 21.9 Å². The first-order valence-corrected chi connectivity index (χ1v) is 8.63. The minimum atomic E-state index is -1.28. The molecule has 0 aliphatic rings. The molecule has 2 aromatic carbocycles. The van der Waals surface area contributed by atoms with Crippen molar-refractivity contribution in [3.63, 3.8) is 0 Å². The largest absolute Gasteiger partial charge is 0.494 e. The van der Waals surface area contributed by atoms with Crippen LogP contribution in [0.15, 0.2) is 50.5 Å². The number of rotatable bonds is 4. The molecule has 0 radical (unpaired) electrons. The highest BCUT2D eigenvalue weighted by atomic mass is 32.2. The summed E-state index contributed by atoms with van der Waals surface area (Å²) in [5, 5.41) is 0.910. The fourth-order valence-corrected chi connectivity index (χ4v) is 3.06. The summed E-state index contributed by atoms with van der Waals surface area (Å²) in [6.45, 7) is 2.54. The van der Waals surface area contributed by atoms with Gasteiger partial charge in [-0.2, -0.15) is 0 Å². The third kappa shape index (κ3) is 2.52. The van der Waals surface area contributed by atoms with Gasteiger partial charge in [-0.25, -0.2) is 0 Å². The average Bonchev–Trinajstić information content (AvgIpc) is 2.53. The van der Waals surface area contributed by atoms with Gasteiger partial charge in [0, 0.05) is 12.3 Å². The topological polar surface area (TPSA) is 56.5 Å². The van der Waals surface area contributed by atoms with Gasteiger partial charge in [-0.05, 0) is 24.6 Å². The Morgan fingerprint density at radius 3 is 2.68 bits per heavy atom. The molecule has 0 aliphatic carbocycles. The van der Waals surface area contributed by atoms with Crippen LogP contribution in [-0.4, -0.2) is 17.1 Å². The Hall–Kier alpha value is -2.14. The standard InChI is InChI=1S/C17H16O4S/c1-3-8-20-11-9-13-16(18)12-6-4-5-7-14(12)21-17(13)15(10-11)22(2)19/h4-7,9-10H,3,8H2,1-2H3. The van der Waals surface area contributed by atoms with Crippen molar-refractivity contribution in [2.45, 2.75) is 18.2 Å². The highest BCUT2D eigenvalue weighted by molar-refractivity contribution is 7.84. The molecule has 0 N–H and O–H groups in total. The predicted molar refractivity (Wildman–Crippen MR) is 88.1 cm³/mol. The van der Waals surface area contributed by atoms with Crippen LogP contribution in [0.5, 0.6) is 5.75 Å². The summed E-state index contributed by atoms with van der Waals surface area (Å²) in [6, 6.07) is 10.4. The summed E-state index contributed by atoms with van der Waals surface area (Å²) in [5.41, 5.74) is 0.729. The summed E-state index contributed by atoms with van der Waals surface area (Å²) in [5.74, 6) is 0.544. The molecular formula is C17H16O4S. The molecule has 1 unspecified atom stereocenters. The number of benzene rings is 2. The molecule has 22 heavy (non-hydrogen) atoms. The van der Waals surface area contributed by atoms with Crippen LogP contribution >= 0.6 is 0 Å². The number of fused-ring (bicyclic) bond motifs is 2. The van der Waals surface area contributed by atoms with Crippen molar-refractivity contribution in [2.75, 3.05) is 12.9 Å². The van der Waals surface area contributed by atoms with Gasteiger partial charge >= 0.3 is 0 Å². The third-order valence-corrected chi connectivity index (χ3v) is 4.32. The zero-order chi connectivity index (χ0) is 15.7. The molecule has 0 amide bonds. The minimum Gasteiger partial charge on any atom is -0.494 e. The van der Waals surface area contributed by atoms with E-state index in [1.54, 1.807) is 42.7 Å². The molecule has 4 nitrogen and oxygen atoms in total. The second-order valence-corrected chi connectivity index (χ2v) is 6.38. The van der Waals surface area contributed by atoms with E-state index in [1.165, 1.54) is 0 Å². The van der Waals surface area contributed by atoms with Crippen molar-refractivity contribution in [3.8, 4) is 5.75 Å². The number of para-hydroxylation sites is 1. The second-order valence-electron chi connectivity index (χ2n) is 5.03. The van der Waals surface area contributed by atoms with Gasteiger partial charge in [-0.1, -0.05) is 19.1 Å². The Bertz CT molecular complexity index is 927. The van der Waals surface area contributed by atoms with Crippen LogP contribution < -0.4 is 10.2 Å². The van der Waals surface area contributed by atoms with Crippen LogP contribution in [0.3, 0.4) is 0 Å². The van der Waals surface area contributed by atoms with Gasteiger partial charge in [0.15, 0.2) is 5.58 Å². The lowest BCUT2D eigenvalue weighted by atomic mass is 10.1. The normalized spacial score (nSPS) is 12.6. The molecule has 5 heteroatoms. The van der Waals surface area contributed by atoms with Crippen LogP contribution in [-0.2, 0) is 10.8 Å². The van der Waals surface area contributed by atoms with E-state index >= 15 is 0 Å². The maximum Gasteiger partial charge on any atom is 0.200 e. The minimum absolute atomic E-state index is 0.134. The zero-order valence-electron chi connectivity index (χ0n) is 12.4. The maximum absolute atomic E-state index is 12.7. The summed E-state index contributed by atoms with van der Waals surface area (Å²) in [7, 11) is -1.28. The molecule has 114 valence electrons. The van der Waals surface area contributed by atoms with Crippen LogP contribution in [0.4, 0.5) is 0 Å². The summed E-state index contributed by atoms with van der Waals surface area (Å²) < 4.78 is 23.5. The van der Waals surface area contributed by atoms with Gasteiger partial charge < -0.3 is 9.15 Å². The van der Waals surface area contributed by atoms with E-state index in [9.17, 15) is 9.00 Å². The van der Waals surface area contributed by atoms with E-state index in [0.717, 1.165) is 6.42 Å². The van der Waals surface area contributed by atoms with E-state index in [4.69, 9.17) is 9.15 Å². The van der Waals surface area contributed by atoms with Gasteiger partial charge in [0.2, 0.25) is 5.43 Å². The van der Waals surface area contributed by atoms with E-state index in [1.807, 2.05) is 6.92 Å². The molecule has 0 spiro atoms. The molecule has 3 aromatic rings. The first-order valence-electron chi connectivity index (χ1n) is 7.07. The van der Waals surface area contributed by atoms with Gasteiger partial charge in [0.25, 0.3) is 0 Å². The second kappa shape index (κ2) is 5.93. The maximum atomic E-state index is 12.7. The van der Waals surface area contributed by atoms with Crippen molar-refractivity contribution in [1.82, 2.24) is 0 Å². The summed E-state index contributed by atoms with van der Waals surface area (Å²) in [6.07, 6.45) is 2.42. The van der Waals surface area contributed by atoms with Gasteiger partial charge in [0.05, 0.1) is 33.1 Å². The van der Waals surface area contributed by atoms with E-state index in [-0.39, 0.29) is 5.43 Å². The quantitative estimate of drug-likeness (QED) is 0.692. The highest BCUT2D eigenvalue weighted by Gasteiger charge is 2.15. The van der Waals surface area contributed by atoms with Crippen molar-refractivity contribution < 1.29 is 13.4 Å². The Kier molecular flexibility index (Phi) is 3.98. The van der Waals surface area contributed by atoms with Crippen molar-refractivity contribution in [2.24, 2.45) is 0 Å². The third-order valence-electron chi connectivity index (χ3n) is 3.40. The van der Waals surface area contributed by atoms with E-state index in [0.29, 0.717) is 39.2 Å². The van der Waals surface area contributed by atoms with E-state index < -0.39 is 10.8 Å². The molecule has 0 aliphatic heterocycles. The summed E-state index contributed by atoms with van der Waals surface area (Å²) in [4.78, 5) is 13.2. The Morgan fingerprint density at radius 2 is 1.95 bits per heavy atom. The molecule has 0 fully saturated rings. The summed E-state index contributed by atoms with van der Waals surface area (Å²) >= 11 is 0. The average molecular weight is 316 g/mol. The Balaban J connectivity index is 2.38. The molecular weight excluding hydrogens is 300 g/mol. The Morgan fingerprint density at radius 1 is 1.18 bits per heavy atom. The monoisotopic (exact) mass is 316 g/mol. The SMILES string of the molecule is CCCOc1cc(S(C)=O)c2oc3ccccc3c(=O)c2c1. The predicted octanol–water partition coefficient (Wildman–Crippen LogP) is 3.47. The molecule has 3 rings (SSSR count). The highest BCUT2D eigenvalue weighted by Crippen LogP contribution is 2.28. The molecule has 1 aromatic heterocycles. The van der Waals surface area contributed by atoms with Crippen molar-refractivity contribution in [1.29, 1.82) is 0 Å². The van der Waals surface area contributed by atoms with Gasteiger partial charge in [0.1, 0.15) is 11.3 Å². The smallest absolute Gasteiger partial charge is 0.200 e. The van der Waals surface area contributed by atoms with Crippen LogP contribution in [0, 0.1) is 0 Å². The lowest BCUT2D eigenvalue weighted by Crippen LogP contribution is -2.05. The number of hydrogen-bond acceptors (Lipinski definition) is 4. The van der Waals surface area contributed by atoms with Crippen LogP contribution in [0.1, 0.15) is 13.3 Å². The first-order chi connectivity index (χ1) is 10.6. The van der Waals surface area contributed by atoms with Gasteiger partial charge in [-0.15, -0.1) is 0 Å². The molecule has 0 saturated carbocycles. The van der Waals surface area contributed by atoms with Gasteiger partial charge in [-0.3, -0.25) is 9.00 Å². The number of ether oxygens (including phenoxy) is 1. The molecule has 0 saturated heterocycles. The van der Waals surface area contributed by atoms with E-state index in [2.05, 4.69) is 0 Å². The molecule has 0 bridgehead atoms. The first kappa shape index (κ1) is 14.8. The van der Waals surface area contributed by atoms with Crippen molar-refractivity contribution >= 4 is 32.7 Å². The lowest BCUT2D eigenvalue weighted by molar-refractivity contribution is 0.317.